The highest BCUT2D eigenvalue weighted by Crippen LogP contribution is 2.39. The molecule has 0 radical (unpaired) electrons. The molecule has 0 aliphatic heterocycles. The molecule has 8 nitrogen and oxygen atoms in total. The molecule has 0 saturated heterocycles. The molecule has 0 saturated carbocycles. The van der Waals surface area contributed by atoms with E-state index in [2.05, 4.69) is 16.7 Å². The average Bonchev–Trinajstić information content (AvgIpc) is 3.29. The molecule has 2 aromatic carbocycles. The lowest BCUT2D eigenvalue weighted by atomic mass is 9.96. The highest BCUT2D eigenvalue weighted by Gasteiger charge is 2.23. The summed E-state index contributed by atoms with van der Waals surface area (Å²) in [5.41, 5.74) is 2.04. The van der Waals surface area contributed by atoms with Gasteiger partial charge in [-0.2, -0.15) is 10.5 Å². The Balaban J connectivity index is 1.51. The molecule has 204 valence electrons. The Morgan fingerprint density at radius 1 is 1.12 bits per heavy atom. The van der Waals surface area contributed by atoms with Crippen molar-refractivity contribution in [2.45, 2.75) is 32.6 Å². The fourth-order valence-electron chi connectivity index (χ4n) is 4.20. The fourth-order valence-corrected chi connectivity index (χ4v) is 5.71. The highest BCUT2D eigenvalue weighted by molar-refractivity contribution is 7.16. The second kappa shape index (κ2) is 13.1. The lowest BCUT2D eigenvalue weighted by Gasteiger charge is -2.14. The summed E-state index contributed by atoms with van der Waals surface area (Å²) < 4.78 is 24.3. The molecule has 0 atom stereocenters. The number of hydrogen-bond donors (Lipinski definition) is 2. The number of benzene rings is 2. The fraction of sp³-hybridized carbons (Fsp3) is 0.241. The van der Waals surface area contributed by atoms with Crippen LogP contribution in [-0.2, 0) is 22.4 Å². The molecule has 0 fully saturated rings. The summed E-state index contributed by atoms with van der Waals surface area (Å²) in [4.78, 5) is 26.4. The van der Waals surface area contributed by atoms with E-state index in [1.807, 2.05) is 6.07 Å². The van der Waals surface area contributed by atoms with Gasteiger partial charge < -0.3 is 20.1 Å². The van der Waals surface area contributed by atoms with Gasteiger partial charge in [-0.3, -0.25) is 9.59 Å². The normalized spacial score (nSPS) is 12.5. The summed E-state index contributed by atoms with van der Waals surface area (Å²) in [5, 5.41) is 25.2. The number of thiophene rings is 1. The first-order chi connectivity index (χ1) is 19.3. The maximum Gasteiger partial charge on any atom is 0.266 e. The van der Waals surface area contributed by atoms with Gasteiger partial charge in [0.05, 0.1) is 17.2 Å². The smallest absolute Gasteiger partial charge is 0.266 e. The summed E-state index contributed by atoms with van der Waals surface area (Å²) in [6.45, 7) is 1.61. The van der Waals surface area contributed by atoms with Gasteiger partial charge in [0.2, 0.25) is 0 Å². The first-order valence-electron chi connectivity index (χ1n) is 12.4. The first-order valence-corrected chi connectivity index (χ1v) is 13.6. The van der Waals surface area contributed by atoms with Crippen molar-refractivity contribution >= 4 is 51.5 Å². The lowest BCUT2D eigenvalue weighted by molar-refractivity contribution is -0.118. The van der Waals surface area contributed by atoms with Crippen molar-refractivity contribution < 1.29 is 23.5 Å². The highest BCUT2D eigenvalue weighted by atomic mass is 35.5. The summed E-state index contributed by atoms with van der Waals surface area (Å²) >= 11 is 7.81. The summed E-state index contributed by atoms with van der Waals surface area (Å²) in [7, 11) is 0. The molecule has 40 heavy (non-hydrogen) atoms. The SMILES string of the molecule is CCOc1cc(/C=C(\C#N)C(=O)Nc2sc3c(c2C#N)CCCC3)cc(Cl)c1OCC(=O)Nc1ccc(F)cc1. The third-order valence-electron chi connectivity index (χ3n) is 5.99. The van der Waals surface area contributed by atoms with E-state index in [1.165, 1.54) is 53.8 Å². The van der Waals surface area contributed by atoms with Gasteiger partial charge >= 0.3 is 0 Å². The maximum atomic E-state index is 13.1. The number of rotatable bonds is 9. The van der Waals surface area contributed by atoms with Crippen LogP contribution in [0.5, 0.6) is 11.5 Å². The van der Waals surface area contributed by atoms with Crippen molar-refractivity contribution in [1.29, 1.82) is 10.5 Å². The molecule has 1 aliphatic carbocycles. The number of nitrogens with one attached hydrogen (secondary N) is 2. The number of aryl methyl sites for hydroxylation is 1. The first kappa shape index (κ1) is 28.6. The zero-order chi connectivity index (χ0) is 28.6. The van der Waals surface area contributed by atoms with Crippen molar-refractivity contribution in [3.8, 4) is 23.6 Å². The molecule has 1 heterocycles. The monoisotopic (exact) mass is 578 g/mol. The Morgan fingerprint density at radius 3 is 2.58 bits per heavy atom. The van der Waals surface area contributed by atoms with Crippen LogP contribution in [0.25, 0.3) is 6.08 Å². The number of amides is 2. The standard InChI is InChI=1S/C29H24ClFN4O4S/c1-2-38-24-13-17(12-23(30)27(24)39-16-26(36)34-20-9-7-19(31)8-10-20)11-18(14-32)28(37)35-29-22(15-33)21-5-3-4-6-25(21)40-29/h7-13H,2-6,16H2,1H3,(H,34,36)(H,35,37)/b18-11+. The Labute approximate surface area is 239 Å². The van der Waals surface area contributed by atoms with Crippen LogP contribution < -0.4 is 20.1 Å². The predicted octanol–water partition coefficient (Wildman–Crippen LogP) is 6.25. The molecule has 0 bridgehead atoms. The van der Waals surface area contributed by atoms with Gasteiger partial charge in [-0.1, -0.05) is 11.6 Å². The van der Waals surface area contributed by atoms with Crippen molar-refractivity contribution in [3.63, 3.8) is 0 Å². The molecular weight excluding hydrogens is 555 g/mol. The topological polar surface area (TPSA) is 124 Å². The van der Waals surface area contributed by atoms with Gasteiger partial charge in [0.25, 0.3) is 11.8 Å². The van der Waals surface area contributed by atoms with Gasteiger partial charge in [0, 0.05) is 10.6 Å². The number of anilines is 2. The number of fused-ring (bicyclic) bond motifs is 1. The van der Waals surface area contributed by atoms with E-state index in [-0.39, 0.29) is 28.7 Å². The number of halogens is 2. The van der Waals surface area contributed by atoms with Crippen molar-refractivity contribution in [1.82, 2.24) is 0 Å². The van der Waals surface area contributed by atoms with Gasteiger partial charge in [0.1, 0.15) is 28.5 Å². The summed E-state index contributed by atoms with van der Waals surface area (Å²) in [6, 6.07) is 12.4. The average molecular weight is 579 g/mol. The van der Waals surface area contributed by atoms with Crippen LogP contribution in [0.2, 0.25) is 5.02 Å². The van der Waals surface area contributed by atoms with Crippen molar-refractivity contribution in [2.75, 3.05) is 23.8 Å². The molecule has 2 N–H and O–H groups in total. The van der Waals surface area contributed by atoms with Gasteiger partial charge in [-0.15, -0.1) is 11.3 Å². The van der Waals surface area contributed by atoms with E-state index in [1.54, 1.807) is 6.92 Å². The predicted molar refractivity (Wildman–Crippen MR) is 151 cm³/mol. The van der Waals surface area contributed by atoms with Crippen LogP contribution in [0.3, 0.4) is 0 Å². The van der Waals surface area contributed by atoms with Gasteiger partial charge in [0.15, 0.2) is 18.1 Å². The molecule has 11 heteroatoms. The minimum absolute atomic E-state index is 0.0992. The van der Waals surface area contributed by atoms with E-state index >= 15 is 0 Å². The second-order valence-corrected chi connectivity index (χ2v) is 10.3. The van der Waals surface area contributed by atoms with Crippen LogP contribution >= 0.6 is 22.9 Å². The molecular formula is C29H24ClFN4O4S. The van der Waals surface area contributed by atoms with Gasteiger partial charge in [-0.05, 0) is 86.2 Å². The zero-order valence-corrected chi connectivity index (χ0v) is 23.0. The molecule has 1 aliphatic rings. The van der Waals surface area contributed by atoms with Crippen LogP contribution in [0, 0.1) is 28.5 Å². The summed E-state index contributed by atoms with van der Waals surface area (Å²) in [5.74, 6) is -1.24. The lowest BCUT2D eigenvalue weighted by Crippen LogP contribution is -2.20. The van der Waals surface area contributed by atoms with E-state index in [4.69, 9.17) is 21.1 Å². The molecule has 4 rings (SSSR count). The number of nitrogens with zero attached hydrogens (tertiary/aromatic N) is 2. The third kappa shape index (κ3) is 6.78. The van der Waals surface area contributed by atoms with E-state index < -0.39 is 24.2 Å². The van der Waals surface area contributed by atoms with Crippen molar-refractivity contribution in [3.05, 3.63) is 74.4 Å². The Bertz CT molecular complexity index is 1550. The molecule has 0 spiro atoms. The quantitative estimate of drug-likeness (QED) is 0.228. The molecule has 3 aromatic rings. The number of hydrogen-bond acceptors (Lipinski definition) is 7. The van der Waals surface area contributed by atoms with Crippen LogP contribution in [0.4, 0.5) is 15.1 Å². The molecule has 0 unspecified atom stereocenters. The summed E-state index contributed by atoms with van der Waals surface area (Å²) in [6.07, 6.45) is 5.06. The third-order valence-corrected chi connectivity index (χ3v) is 7.48. The minimum Gasteiger partial charge on any atom is -0.490 e. The van der Waals surface area contributed by atoms with Crippen molar-refractivity contribution in [2.24, 2.45) is 0 Å². The van der Waals surface area contributed by atoms with E-state index in [0.29, 0.717) is 21.8 Å². The maximum absolute atomic E-state index is 13.1. The largest absolute Gasteiger partial charge is 0.490 e. The van der Waals surface area contributed by atoms with Crippen LogP contribution in [0.1, 0.15) is 41.3 Å². The Hall–Kier alpha value is -4.38. The minimum atomic E-state index is -0.649. The van der Waals surface area contributed by atoms with Crippen LogP contribution in [-0.4, -0.2) is 25.0 Å². The zero-order valence-electron chi connectivity index (χ0n) is 21.5. The number of carbonyl (C=O) groups excluding carboxylic acids is 2. The number of nitriles is 2. The van der Waals surface area contributed by atoms with Gasteiger partial charge in [-0.25, -0.2) is 4.39 Å². The Kier molecular flexibility index (Phi) is 9.39. The second-order valence-electron chi connectivity index (χ2n) is 8.76. The Morgan fingerprint density at radius 2 is 1.88 bits per heavy atom. The molecule has 2 amide bonds. The molecule has 1 aromatic heterocycles. The van der Waals surface area contributed by atoms with E-state index in [9.17, 15) is 24.5 Å². The van der Waals surface area contributed by atoms with E-state index in [0.717, 1.165) is 36.1 Å². The number of carbonyl (C=O) groups is 2. The van der Waals surface area contributed by atoms with Crippen LogP contribution in [0.15, 0.2) is 42.0 Å². The number of ether oxygens (including phenoxy) is 2.